The predicted molar refractivity (Wildman–Crippen MR) is 83.6 cm³/mol. The van der Waals surface area contributed by atoms with E-state index in [1.165, 1.54) is 12.8 Å². The van der Waals surface area contributed by atoms with Crippen LogP contribution in [0.2, 0.25) is 0 Å². The molecule has 0 bridgehead atoms. The van der Waals surface area contributed by atoms with Crippen LogP contribution in [0.4, 0.5) is 0 Å². The van der Waals surface area contributed by atoms with Crippen molar-refractivity contribution in [2.45, 2.75) is 31.9 Å². The number of hydrogen-bond acceptors (Lipinski definition) is 4. The van der Waals surface area contributed by atoms with Crippen molar-refractivity contribution in [3.05, 3.63) is 29.8 Å². The van der Waals surface area contributed by atoms with E-state index in [2.05, 4.69) is 11.8 Å². The van der Waals surface area contributed by atoms with E-state index in [-0.39, 0.29) is 0 Å². The van der Waals surface area contributed by atoms with Gasteiger partial charge < -0.3 is 14.6 Å². The average molecular weight is 293 g/mol. The maximum atomic E-state index is 10.6. The van der Waals surface area contributed by atoms with E-state index < -0.39 is 6.10 Å². The standard InChI is InChI=1S/C17H27NO3/c1-13(14-8-9-14)18(10-11-20-2)12-16(19)15-6-4-5-7-17(15)21-3/h4-7,13-14,16,19H,8-12H2,1-3H3. The van der Waals surface area contributed by atoms with Crippen LogP contribution in [0.3, 0.4) is 0 Å². The molecule has 0 aromatic heterocycles. The molecule has 4 nitrogen and oxygen atoms in total. The molecule has 2 unspecified atom stereocenters. The molecule has 2 rings (SSSR count). The van der Waals surface area contributed by atoms with Gasteiger partial charge in [-0.2, -0.15) is 0 Å². The number of benzene rings is 1. The van der Waals surface area contributed by atoms with Gasteiger partial charge in [0.25, 0.3) is 0 Å². The average Bonchev–Trinajstić information content (AvgIpc) is 3.35. The highest BCUT2D eigenvalue weighted by atomic mass is 16.5. The second-order valence-electron chi connectivity index (χ2n) is 5.82. The van der Waals surface area contributed by atoms with E-state index in [4.69, 9.17) is 9.47 Å². The molecule has 0 saturated heterocycles. The molecule has 21 heavy (non-hydrogen) atoms. The van der Waals surface area contributed by atoms with Crippen LogP contribution in [0.25, 0.3) is 0 Å². The molecule has 0 aliphatic heterocycles. The Balaban J connectivity index is 2.03. The van der Waals surface area contributed by atoms with Crippen molar-refractivity contribution >= 4 is 0 Å². The maximum absolute atomic E-state index is 10.6. The number of ether oxygens (including phenoxy) is 2. The SMILES string of the molecule is COCCN(CC(O)c1ccccc1OC)C(C)C1CC1. The van der Waals surface area contributed by atoms with Gasteiger partial charge in [-0.15, -0.1) is 0 Å². The molecule has 1 aliphatic carbocycles. The van der Waals surface area contributed by atoms with Gasteiger partial charge in [0.2, 0.25) is 0 Å². The van der Waals surface area contributed by atoms with Crippen molar-refractivity contribution in [1.29, 1.82) is 0 Å². The molecule has 1 fully saturated rings. The number of aliphatic hydroxyl groups excluding tert-OH is 1. The van der Waals surface area contributed by atoms with E-state index in [1.807, 2.05) is 24.3 Å². The first-order valence-corrected chi connectivity index (χ1v) is 7.71. The van der Waals surface area contributed by atoms with Gasteiger partial charge >= 0.3 is 0 Å². The first kappa shape index (κ1) is 16.3. The normalized spacial score (nSPS) is 17.8. The fourth-order valence-electron chi connectivity index (χ4n) is 2.81. The Morgan fingerprint density at radius 2 is 2.00 bits per heavy atom. The molecule has 1 aliphatic rings. The number of para-hydroxylation sites is 1. The van der Waals surface area contributed by atoms with Crippen LogP contribution < -0.4 is 4.74 Å². The third-order valence-corrected chi connectivity index (χ3v) is 4.37. The summed E-state index contributed by atoms with van der Waals surface area (Å²) in [6.07, 6.45) is 2.06. The Labute approximate surface area is 127 Å². The van der Waals surface area contributed by atoms with Crippen LogP contribution in [0, 0.1) is 5.92 Å². The molecule has 0 heterocycles. The number of nitrogens with zero attached hydrogens (tertiary/aromatic N) is 1. The Kier molecular flexibility index (Phi) is 6.03. The van der Waals surface area contributed by atoms with Gasteiger partial charge in [0, 0.05) is 31.8 Å². The van der Waals surface area contributed by atoms with Crippen molar-refractivity contribution in [3.8, 4) is 5.75 Å². The summed E-state index contributed by atoms with van der Waals surface area (Å²) in [5.74, 6) is 1.52. The highest BCUT2D eigenvalue weighted by molar-refractivity contribution is 5.35. The lowest BCUT2D eigenvalue weighted by molar-refractivity contribution is 0.0610. The van der Waals surface area contributed by atoms with Crippen LogP contribution in [0.15, 0.2) is 24.3 Å². The molecule has 118 valence electrons. The summed E-state index contributed by atoms with van der Waals surface area (Å²) in [6, 6.07) is 8.17. The van der Waals surface area contributed by atoms with Crippen LogP contribution in [0.1, 0.15) is 31.4 Å². The fraction of sp³-hybridized carbons (Fsp3) is 0.647. The van der Waals surface area contributed by atoms with E-state index >= 15 is 0 Å². The predicted octanol–water partition coefficient (Wildman–Crippen LogP) is 2.48. The summed E-state index contributed by atoms with van der Waals surface area (Å²) in [5, 5.41) is 10.6. The summed E-state index contributed by atoms with van der Waals surface area (Å²) < 4.78 is 10.6. The van der Waals surface area contributed by atoms with Crippen molar-refractivity contribution < 1.29 is 14.6 Å². The first-order chi connectivity index (χ1) is 10.2. The van der Waals surface area contributed by atoms with Crippen molar-refractivity contribution in [1.82, 2.24) is 4.90 Å². The quantitative estimate of drug-likeness (QED) is 0.759. The summed E-state index contributed by atoms with van der Waals surface area (Å²) in [4.78, 5) is 2.33. The molecule has 0 amide bonds. The van der Waals surface area contributed by atoms with Gasteiger partial charge in [-0.1, -0.05) is 18.2 Å². The maximum Gasteiger partial charge on any atom is 0.124 e. The lowest BCUT2D eigenvalue weighted by Gasteiger charge is -2.31. The topological polar surface area (TPSA) is 41.9 Å². The Bertz CT molecular complexity index is 434. The molecule has 4 heteroatoms. The summed E-state index contributed by atoms with van der Waals surface area (Å²) in [6.45, 7) is 4.40. The molecular formula is C17H27NO3. The molecule has 1 aromatic carbocycles. The van der Waals surface area contributed by atoms with Gasteiger partial charge in [-0.3, -0.25) is 4.90 Å². The molecule has 0 spiro atoms. The molecule has 2 atom stereocenters. The minimum Gasteiger partial charge on any atom is -0.496 e. The van der Waals surface area contributed by atoms with Crippen molar-refractivity contribution in [2.24, 2.45) is 5.92 Å². The fourth-order valence-corrected chi connectivity index (χ4v) is 2.81. The number of aliphatic hydroxyl groups is 1. The lowest BCUT2D eigenvalue weighted by atomic mass is 10.1. The first-order valence-electron chi connectivity index (χ1n) is 7.71. The van der Waals surface area contributed by atoms with Gasteiger partial charge in [0.1, 0.15) is 5.75 Å². The molecule has 0 radical (unpaired) electrons. The van der Waals surface area contributed by atoms with Gasteiger partial charge in [-0.05, 0) is 31.7 Å². The van der Waals surface area contributed by atoms with Gasteiger partial charge in [0.05, 0.1) is 19.8 Å². The molecule has 1 aromatic rings. The lowest BCUT2D eigenvalue weighted by Crippen LogP contribution is -2.40. The Hall–Kier alpha value is -1.10. The second kappa shape index (κ2) is 7.78. The third-order valence-electron chi connectivity index (χ3n) is 4.37. The monoisotopic (exact) mass is 293 g/mol. The van der Waals surface area contributed by atoms with E-state index in [1.54, 1.807) is 14.2 Å². The minimum atomic E-state index is -0.542. The molecule has 1 N–H and O–H groups in total. The number of rotatable bonds is 9. The number of methoxy groups -OCH3 is 2. The summed E-state index contributed by atoms with van der Waals surface area (Å²) in [7, 11) is 3.36. The Morgan fingerprint density at radius 3 is 2.62 bits per heavy atom. The zero-order valence-corrected chi connectivity index (χ0v) is 13.3. The summed E-state index contributed by atoms with van der Waals surface area (Å²) in [5.41, 5.74) is 0.852. The Morgan fingerprint density at radius 1 is 1.29 bits per heavy atom. The second-order valence-corrected chi connectivity index (χ2v) is 5.82. The van der Waals surface area contributed by atoms with Crippen LogP contribution in [-0.4, -0.2) is 50.0 Å². The van der Waals surface area contributed by atoms with Crippen LogP contribution in [0.5, 0.6) is 5.75 Å². The highest BCUT2D eigenvalue weighted by Crippen LogP contribution is 2.36. The minimum absolute atomic E-state index is 0.490. The number of hydrogen-bond donors (Lipinski definition) is 1. The zero-order valence-electron chi connectivity index (χ0n) is 13.3. The third kappa shape index (κ3) is 4.43. The van der Waals surface area contributed by atoms with Crippen LogP contribution >= 0.6 is 0 Å². The van der Waals surface area contributed by atoms with E-state index in [0.29, 0.717) is 19.2 Å². The highest BCUT2D eigenvalue weighted by Gasteiger charge is 2.32. The molecular weight excluding hydrogens is 266 g/mol. The zero-order chi connectivity index (χ0) is 15.2. The van der Waals surface area contributed by atoms with Gasteiger partial charge in [0.15, 0.2) is 0 Å². The smallest absolute Gasteiger partial charge is 0.124 e. The van der Waals surface area contributed by atoms with Crippen LogP contribution in [-0.2, 0) is 4.74 Å². The summed E-state index contributed by atoms with van der Waals surface area (Å²) >= 11 is 0. The largest absolute Gasteiger partial charge is 0.496 e. The van der Waals surface area contributed by atoms with Crippen molar-refractivity contribution in [2.75, 3.05) is 33.9 Å². The molecule has 1 saturated carbocycles. The van der Waals surface area contributed by atoms with E-state index in [0.717, 1.165) is 23.8 Å². The van der Waals surface area contributed by atoms with Crippen molar-refractivity contribution in [3.63, 3.8) is 0 Å². The van der Waals surface area contributed by atoms with E-state index in [9.17, 15) is 5.11 Å². The van der Waals surface area contributed by atoms with Gasteiger partial charge in [-0.25, -0.2) is 0 Å².